The molecule has 10 nitrogen and oxygen atoms in total. The van der Waals surface area contributed by atoms with Gasteiger partial charge in [-0.25, -0.2) is 4.39 Å². The van der Waals surface area contributed by atoms with Gasteiger partial charge >= 0.3 is 7.60 Å². The Labute approximate surface area is 239 Å². The van der Waals surface area contributed by atoms with Crippen molar-refractivity contribution in [1.29, 1.82) is 0 Å². The largest absolute Gasteiger partial charge is 0.363 e. The van der Waals surface area contributed by atoms with E-state index >= 15 is 0 Å². The van der Waals surface area contributed by atoms with Crippen LogP contribution in [0, 0.1) is 0 Å². The minimum absolute atomic E-state index is 0.0268. The Hall–Kier alpha value is -3.18. The number of aromatic nitrogens is 1. The van der Waals surface area contributed by atoms with Gasteiger partial charge in [-0.3, -0.25) is 23.9 Å². The number of rotatable bonds is 6. The zero-order valence-electron chi connectivity index (χ0n) is 22.1. The molecule has 5 heterocycles. The number of alkyl halides is 1. The molecular formula is C28H30FN4O6PS. The van der Waals surface area contributed by atoms with Crippen LogP contribution >= 0.6 is 18.9 Å². The van der Waals surface area contributed by atoms with Crippen molar-refractivity contribution in [2.45, 2.75) is 62.1 Å². The average molecular weight is 601 g/mol. The van der Waals surface area contributed by atoms with Crippen LogP contribution < -0.4 is 5.32 Å². The number of fused-ring (bicyclic) bond motifs is 2. The molecule has 13 heteroatoms. The van der Waals surface area contributed by atoms with Crippen molar-refractivity contribution in [3.05, 3.63) is 64.8 Å². The standard InChI is InChI=1S/C28H30FN4O6PS/c29-25(40(37,38)39)17-4-7-23-18(12-17)13-24(41-23)26(34)31-21-3-1-2-20-5-6-22(33(20)27(21)35)28(36)32-14-19(15-32)16-8-10-30-11-9-16/h4,7-13,19-22,25H,1-3,5-6,14-15H2,(H,31,34)(H2,37,38,39)/t20?,21-,22-,25?/m0/s1. The van der Waals surface area contributed by atoms with Crippen LogP contribution in [0.1, 0.15) is 64.7 Å². The highest BCUT2D eigenvalue weighted by Gasteiger charge is 2.47. The highest BCUT2D eigenvalue weighted by Crippen LogP contribution is 2.53. The molecule has 3 aliphatic rings. The van der Waals surface area contributed by atoms with Gasteiger partial charge in [-0.15, -0.1) is 11.3 Å². The number of halogens is 1. The van der Waals surface area contributed by atoms with Crippen LogP contribution in [0.2, 0.25) is 0 Å². The van der Waals surface area contributed by atoms with E-state index in [2.05, 4.69) is 10.3 Å². The minimum atomic E-state index is -4.96. The summed E-state index contributed by atoms with van der Waals surface area (Å²) in [7, 11) is -4.96. The molecule has 3 amide bonds. The first kappa shape index (κ1) is 28.0. The smallest absolute Gasteiger partial charge is 0.340 e. The molecule has 0 aliphatic carbocycles. The summed E-state index contributed by atoms with van der Waals surface area (Å²) >= 11 is 1.15. The fraction of sp³-hybridized carbons (Fsp3) is 0.429. The lowest BCUT2D eigenvalue weighted by Gasteiger charge is -2.42. The molecule has 2 aromatic heterocycles. The van der Waals surface area contributed by atoms with Gasteiger partial charge in [0.05, 0.1) is 4.88 Å². The van der Waals surface area contributed by atoms with Gasteiger partial charge in [0, 0.05) is 42.1 Å². The van der Waals surface area contributed by atoms with E-state index < -0.39 is 31.5 Å². The van der Waals surface area contributed by atoms with Gasteiger partial charge in [0.1, 0.15) is 12.1 Å². The molecule has 0 bridgehead atoms. The van der Waals surface area contributed by atoms with Gasteiger partial charge in [-0.05, 0) is 78.9 Å². The van der Waals surface area contributed by atoms with Gasteiger partial charge in [0.25, 0.3) is 5.91 Å². The van der Waals surface area contributed by atoms with Crippen LogP contribution in [-0.2, 0) is 14.2 Å². The first-order valence-electron chi connectivity index (χ1n) is 13.6. The fourth-order valence-corrected chi connectivity index (χ4v) is 7.69. The second-order valence-electron chi connectivity index (χ2n) is 11.0. The number of carbonyl (C=O) groups is 3. The monoisotopic (exact) mass is 600 g/mol. The Bertz CT molecular complexity index is 1540. The molecule has 3 saturated heterocycles. The summed E-state index contributed by atoms with van der Waals surface area (Å²) in [6.07, 6.45) is 6.83. The summed E-state index contributed by atoms with van der Waals surface area (Å²) in [5, 5.41) is 3.33. The molecule has 4 atom stereocenters. The number of hydrogen-bond acceptors (Lipinski definition) is 6. The number of thiophene rings is 1. The van der Waals surface area contributed by atoms with Crippen molar-refractivity contribution in [2.24, 2.45) is 0 Å². The maximum absolute atomic E-state index is 14.2. The van der Waals surface area contributed by atoms with Gasteiger partial charge in [-0.2, -0.15) is 0 Å². The highest BCUT2D eigenvalue weighted by atomic mass is 32.1. The van der Waals surface area contributed by atoms with E-state index in [0.717, 1.165) is 36.2 Å². The van der Waals surface area contributed by atoms with Gasteiger partial charge < -0.3 is 24.9 Å². The summed E-state index contributed by atoms with van der Waals surface area (Å²) in [4.78, 5) is 66.6. The number of likely N-dealkylation sites (tertiary alicyclic amines) is 1. The molecule has 3 aromatic rings. The van der Waals surface area contributed by atoms with Crippen LogP contribution in [-0.4, -0.2) is 73.5 Å². The van der Waals surface area contributed by atoms with Crippen molar-refractivity contribution in [3.63, 3.8) is 0 Å². The van der Waals surface area contributed by atoms with E-state index in [1.165, 1.54) is 24.3 Å². The number of hydrogen-bond donors (Lipinski definition) is 3. The molecule has 6 rings (SSSR count). The topological polar surface area (TPSA) is 140 Å². The Morgan fingerprint density at radius 2 is 1.83 bits per heavy atom. The van der Waals surface area contributed by atoms with Crippen molar-refractivity contribution in [3.8, 4) is 0 Å². The summed E-state index contributed by atoms with van der Waals surface area (Å²) in [6.45, 7) is 1.22. The molecular weight excluding hydrogens is 570 g/mol. The number of benzene rings is 1. The average Bonchev–Trinajstić information content (AvgIpc) is 3.51. The minimum Gasteiger partial charge on any atom is -0.340 e. The normalized spacial score (nSPS) is 24.1. The number of nitrogens with zero attached hydrogens (tertiary/aromatic N) is 3. The summed E-state index contributed by atoms with van der Waals surface area (Å²) in [5.74, 6) is -2.93. The van der Waals surface area contributed by atoms with Crippen molar-refractivity contribution in [2.75, 3.05) is 13.1 Å². The van der Waals surface area contributed by atoms with E-state index in [1.54, 1.807) is 17.3 Å². The predicted molar refractivity (Wildman–Crippen MR) is 150 cm³/mol. The van der Waals surface area contributed by atoms with Crippen molar-refractivity contribution in [1.82, 2.24) is 20.1 Å². The Morgan fingerprint density at radius 3 is 2.56 bits per heavy atom. The van der Waals surface area contributed by atoms with E-state index in [4.69, 9.17) is 0 Å². The third-order valence-corrected chi connectivity index (χ3v) is 10.4. The number of nitrogens with one attached hydrogen (secondary N) is 1. The van der Waals surface area contributed by atoms with E-state index in [1.807, 2.05) is 17.0 Å². The number of amides is 3. The lowest BCUT2D eigenvalue weighted by Crippen LogP contribution is -2.58. The Morgan fingerprint density at radius 1 is 1.07 bits per heavy atom. The van der Waals surface area contributed by atoms with Crippen molar-refractivity contribution < 1.29 is 33.1 Å². The SMILES string of the molecule is O=C(N[C@H]1CCCC2CC[C@@H](C(=O)N3CC(c4ccncc4)C3)N2C1=O)c1cc2cc(C(F)P(=O)(O)O)ccc2s1. The van der Waals surface area contributed by atoms with Crippen molar-refractivity contribution >= 4 is 46.7 Å². The second kappa shape index (κ2) is 10.9. The van der Waals surface area contributed by atoms with Crippen LogP contribution in [0.25, 0.3) is 10.1 Å². The molecule has 3 aliphatic heterocycles. The third kappa shape index (κ3) is 5.41. The molecule has 0 radical (unpaired) electrons. The van der Waals surface area contributed by atoms with E-state index in [-0.39, 0.29) is 29.3 Å². The quantitative estimate of drug-likeness (QED) is 0.367. The van der Waals surface area contributed by atoms with Gasteiger partial charge in [0.15, 0.2) is 0 Å². The second-order valence-corrected chi connectivity index (χ2v) is 13.7. The lowest BCUT2D eigenvalue weighted by molar-refractivity contribution is -0.148. The van der Waals surface area contributed by atoms with Crippen LogP contribution in [0.3, 0.4) is 0 Å². The summed E-state index contributed by atoms with van der Waals surface area (Å²) in [6, 6.07) is 8.25. The maximum atomic E-state index is 14.2. The first-order valence-corrected chi connectivity index (χ1v) is 16.1. The molecule has 41 heavy (non-hydrogen) atoms. The number of carbonyl (C=O) groups excluding carboxylic acids is 3. The van der Waals surface area contributed by atoms with Crippen LogP contribution in [0.15, 0.2) is 48.8 Å². The third-order valence-electron chi connectivity index (χ3n) is 8.38. The molecule has 3 N–H and O–H groups in total. The lowest BCUT2D eigenvalue weighted by atomic mass is 9.91. The molecule has 0 saturated carbocycles. The van der Waals surface area contributed by atoms with E-state index in [9.17, 15) is 33.1 Å². The maximum Gasteiger partial charge on any atom is 0.363 e. The summed E-state index contributed by atoms with van der Waals surface area (Å²) in [5.41, 5.74) is 0.977. The molecule has 216 valence electrons. The van der Waals surface area contributed by atoms with Crippen LogP contribution in [0.4, 0.5) is 4.39 Å². The zero-order valence-corrected chi connectivity index (χ0v) is 23.8. The highest BCUT2D eigenvalue weighted by molar-refractivity contribution is 7.51. The molecule has 3 fully saturated rings. The molecule has 2 unspecified atom stereocenters. The molecule has 1 aromatic carbocycles. The van der Waals surface area contributed by atoms with E-state index in [0.29, 0.717) is 40.9 Å². The molecule has 0 spiro atoms. The predicted octanol–water partition coefficient (Wildman–Crippen LogP) is 3.71. The van der Waals surface area contributed by atoms with Crippen LogP contribution in [0.5, 0.6) is 0 Å². The Kier molecular flexibility index (Phi) is 7.44. The number of pyridine rings is 1. The van der Waals surface area contributed by atoms with Gasteiger partial charge in [0.2, 0.25) is 17.7 Å². The van der Waals surface area contributed by atoms with Gasteiger partial charge in [-0.1, -0.05) is 6.07 Å². The first-order chi connectivity index (χ1) is 19.6. The fourth-order valence-electron chi connectivity index (χ4n) is 6.20. The summed E-state index contributed by atoms with van der Waals surface area (Å²) < 4.78 is 26.2. The Balaban J connectivity index is 1.14. The zero-order chi connectivity index (χ0) is 28.9.